The number of hydrogen-bond acceptors (Lipinski definition) is 2. The van der Waals surface area contributed by atoms with Gasteiger partial charge in [-0.25, -0.2) is 0 Å². The van der Waals surface area contributed by atoms with Crippen LogP contribution >= 0.6 is 31.9 Å². The molecule has 5 heteroatoms. The lowest BCUT2D eigenvalue weighted by Crippen LogP contribution is -2.26. The van der Waals surface area contributed by atoms with Crippen LogP contribution in [-0.4, -0.2) is 10.9 Å². The maximum atomic E-state index is 13.6. The van der Waals surface area contributed by atoms with Gasteiger partial charge in [-0.2, -0.15) is 0 Å². The van der Waals surface area contributed by atoms with Crippen LogP contribution in [0.25, 0.3) is 16.6 Å². The Kier molecular flexibility index (Phi) is 3.66. The standard InChI is InChI=1S/C22H16Br2N2O/c1-22(2)10-17-20-18(11-22)26(14-6-3-12(23)4-7-14)21(27)19(20)15-9-13(24)5-8-16(15)25-17/h3-9,11H,10H2,1-2H3. The van der Waals surface area contributed by atoms with E-state index >= 15 is 0 Å². The molecule has 3 aromatic rings. The van der Waals surface area contributed by atoms with Gasteiger partial charge < -0.3 is 0 Å². The second-order valence-electron chi connectivity index (χ2n) is 7.78. The molecule has 0 spiro atoms. The SMILES string of the molecule is CC1(C)C=C2c3c(nc4ccc(Br)cc4c3C(=O)N2c2ccc(Br)cc2)C1. The van der Waals surface area contributed by atoms with Crippen LogP contribution in [0.4, 0.5) is 5.69 Å². The molecule has 5 rings (SSSR count). The highest BCUT2D eigenvalue weighted by molar-refractivity contribution is 9.10. The predicted molar refractivity (Wildman–Crippen MR) is 116 cm³/mol. The van der Waals surface area contributed by atoms with Gasteiger partial charge in [0.15, 0.2) is 0 Å². The number of carbonyl (C=O) groups excluding carboxylic acids is 1. The van der Waals surface area contributed by atoms with Crippen LogP contribution in [-0.2, 0) is 6.42 Å². The number of benzene rings is 2. The molecule has 0 atom stereocenters. The maximum absolute atomic E-state index is 13.6. The molecule has 3 nitrogen and oxygen atoms in total. The molecule has 0 bridgehead atoms. The first-order chi connectivity index (χ1) is 12.8. The molecule has 0 radical (unpaired) electrons. The highest BCUT2D eigenvalue weighted by atomic mass is 79.9. The zero-order valence-electron chi connectivity index (χ0n) is 14.9. The Morgan fingerprint density at radius 3 is 2.44 bits per heavy atom. The average molecular weight is 484 g/mol. The molecule has 0 N–H and O–H groups in total. The largest absolute Gasteiger partial charge is 0.277 e. The van der Waals surface area contributed by atoms with Crippen LogP contribution < -0.4 is 4.90 Å². The molecular formula is C22H16Br2N2O. The normalized spacial score (nSPS) is 17.3. The zero-order chi connectivity index (χ0) is 18.9. The number of anilines is 1. The third-order valence-electron chi connectivity index (χ3n) is 5.17. The third-order valence-corrected chi connectivity index (χ3v) is 6.19. The summed E-state index contributed by atoms with van der Waals surface area (Å²) in [4.78, 5) is 20.4. The number of fused-ring (bicyclic) bond motifs is 2. The number of rotatable bonds is 1. The quantitative estimate of drug-likeness (QED) is 0.404. The minimum Gasteiger partial charge on any atom is -0.277 e. The van der Waals surface area contributed by atoms with E-state index in [1.54, 1.807) is 0 Å². The number of carbonyl (C=O) groups is 1. The first-order valence-electron chi connectivity index (χ1n) is 8.79. The Labute approximate surface area is 174 Å². The summed E-state index contributed by atoms with van der Waals surface area (Å²) >= 11 is 7.02. The summed E-state index contributed by atoms with van der Waals surface area (Å²) in [5.74, 6) is 0.0167. The number of amides is 1. The molecule has 0 saturated carbocycles. The highest BCUT2D eigenvalue weighted by Crippen LogP contribution is 2.47. The van der Waals surface area contributed by atoms with E-state index < -0.39 is 0 Å². The van der Waals surface area contributed by atoms with E-state index in [2.05, 4.69) is 51.8 Å². The molecule has 2 heterocycles. The van der Waals surface area contributed by atoms with Gasteiger partial charge in [0, 0.05) is 25.6 Å². The third kappa shape index (κ3) is 2.59. The summed E-state index contributed by atoms with van der Waals surface area (Å²) in [6.45, 7) is 4.39. The molecule has 1 aliphatic carbocycles. The van der Waals surface area contributed by atoms with Crippen LogP contribution in [0.5, 0.6) is 0 Å². The number of halogens is 2. The van der Waals surface area contributed by atoms with Crippen molar-refractivity contribution in [2.45, 2.75) is 20.3 Å². The Morgan fingerprint density at radius 2 is 1.70 bits per heavy atom. The Hall–Kier alpha value is -1.98. The van der Waals surface area contributed by atoms with Crippen LogP contribution in [0.3, 0.4) is 0 Å². The molecule has 2 aromatic carbocycles. The van der Waals surface area contributed by atoms with Gasteiger partial charge in [0.05, 0.1) is 22.5 Å². The summed E-state index contributed by atoms with van der Waals surface area (Å²) < 4.78 is 1.94. The van der Waals surface area contributed by atoms with E-state index in [1.807, 2.05) is 47.4 Å². The fourth-order valence-electron chi connectivity index (χ4n) is 4.08. The molecule has 134 valence electrons. The summed E-state index contributed by atoms with van der Waals surface area (Å²) in [5, 5.41) is 0.901. The number of hydrogen-bond donors (Lipinski definition) is 0. The van der Waals surface area contributed by atoms with Crippen LogP contribution in [0, 0.1) is 5.41 Å². The second kappa shape index (κ2) is 5.76. The van der Waals surface area contributed by atoms with Gasteiger partial charge >= 0.3 is 0 Å². The van der Waals surface area contributed by atoms with Crippen molar-refractivity contribution in [3.05, 3.63) is 74.3 Å². The van der Waals surface area contributed by atoms with Crippen molar-refractivity contribution in [2.75, 3.05) is 4.90 Å². The Morgan fingerprint density at radius 1 is 1.00 bits per heavy atom. The molecular weight excluding hydrogens is 468 g/mol. The molecule has 2 aliphatic rings. The van der Waals surface area contributed by atoms with E-state index in [0.717, 1.165) is 54.5 Å². The molecule has 0 unspecified atom stereocenters. The van der Waals surface area contributed by atoms with E-state index in [1.165, 1.54) is 0 Å². The summed E-state index contributed by atoms with van der Waals surface area (Å²) in [5.41, 5.74) is 5.41. The lowest BCUT2D eigenvalue weighted by Gasteiger charge is -2.30. The highest BCUT2D eigenvalue weighted by Gasteiger charge is 2.42. The monoisotopic (exact) mass is 482 g/mol. The fourth-order valence-corrected chi connectivity index (χ4v) is 4.71. The number of allylic oxidation sites excluding steroid dienone is 1. The van der Waals surface area contributed by atoms with Gasteiger partial charge in [-0.1, -0.05) is 51.8 Å². The van der Waals surface area contributed by atoms with Crippen molar-refractivity contribution < 1.29 is 4.79 Å². The maximum Gasteiger partial charge on any atom is 0.264 e. The van der Waals surface area contributed by atoms with Gasteiger partial charge in [0.2, 0.25) is 0 Å². The first-order valence-corrected chi connectivity index (χ1v) is 10.4. The lowest BCUT2D eigenvalue weighted by molar-refractivity contribution is 0.101. The van der Waals surface area contributed by atoms with E-state index in [9.17, 15) is 4.79 Å². The molecule has 1 aliphatic heterocycles. The summed E-state index contributed by atoms with van der Waals surface area (Å²) in [6.07, 6.45) is 3.05. The van der Waals surface area contributed by atoms with Gasteiger partial charge in [0.25, 0.3) is 5.91 Å². The Bertz CT molecular complexity index is 1160. The van der Waals surface area contributed by atoms with E-state index in [4.69, 9.17) is 4.98 Å². The summed E-state index contributed by atoms with van der Waals surface area (Å²) in [7, 11) is 0. The van der Waals surface area contributed by atoms with Crippen molar-refractivity contribution in [1.29, 1.82) is 0 Å². The fraction of sp³-hybridized carbons (Fsp3) is 0.182. The van der Waals surface area contributed by atoms with Gasteiger partial charge in [-0.3, -0.25) is 14.7 Å². The van der Waals surface area contributed by atoms with E-state index in [0.29, 0.717) is 0 Å². The van der Waals surface area contributed by atoms with E-state index in [-0.39, 0.29) is 11.3 Å². The zero-order valence-corrected chi connectivity index (χ0v) is 18.1. The average Bonchev–Trinajstić information content (AvgIpc) is 2.89. The van der Waals surface area contributed by atoms with Crippen LogP contribution in [0.2, 0.25) is 0 Å². The molecule has 0 saturated heterocycles. The van der Waals surface area contributed by atoms with Gasteiger partial charge in [-0.05, 0) is 54.3 Å². The first kappa shape index (κ1) is 17.1. The van der Waals surface area contributed by atoms with Gasteiger partial charge in [0.1, 0.15) is 0 Å². The van der Waals surface area contributed by atoms with Crippen molar-refractivity contribution in [3.63, 3.8) is 0 Å². The van der Waals surface area contributed by atoms with Crippen molar-refractivity contribution in [1.82, 2.24) is 4.98 Å². The van der Waals surface area contributed by atoms with Crippen molar-refractivity contribution >= 4 is 60.1 Å². The molecule has 1 amide bonds. The predicted octanol–water partition coefficient (Wildman–Crippen LogP) is 6.34. The van der Waals surface area contributed by atoms with Crippen molar-refractivity contribution in [3.8, 4) is 0 Å². The number of aromatic nitrogens is 1. The van der Waals surface area contributed by atoms with Crippen LogP contribution in [0.1, 0.15) is 35.5 Å². The number of nitrogens with zero attached hydrogens (tertiary/aromatic N) is 2. The lowest BCUT2D eigenvalue weighted by atomic mass is 9.79. The topological polar surface area (TPSA) is 33.2 Å². The molecule has 1 aromatic heterocycles. The molecule has 27 heavy (non-hydrogen) atoms. The minimum absolute atomic E-state index is 0.0167. The number of pyridine rings is 1. The van der Waals surface area contributed by atoms with Crippen molar-refractivity contribution in [2.24, 2.45) is 5.41 Å². The second-order valence-corrected chi connectivity index (χ2v) is 9.61. The molecule has 0 fully saturated rings. The summed E-state index contributed by atoms with van der Waals surface area (Å²) in [6, 6.07) is 13.8. The van der Waals surface area contributed by atoms with Gasteiger partial charge in [-0.15, -0.1) is 0 Å². The smallest absolute Gasteiger partial charge is 0.264 e. The van der Waals surface area contributed by atoms with Crippen LogP contribution in [0.15, 0.2) is 57.5 Å². The minimum atomic E-state index is -0.0616. The Balaban J connectivity index is 1.85.